The molecule has 2 nitrogen and oxygen atoms in total. The molecule has 2 aromatic heterocycles. The van der Waals surface area contributed by atoms with Gasteiger partial charge in [0.25, 0.3) is 0 Å². The molecule has 0 radical (unpaired) electrons. The van der Waals surface area contributed by atoms with Crippen LogP contribution in [-0.4, -0.2) is 0 Å². The molecule has 0 aliphatic heterocycles. The fraction of sp³-hybridized carbons (Fsp3) is 0.324. The van der Waals surface area contributed by atoms with Gasteiger partial charge in [0.05, 0.1) is 5.56 Å². The molecule has 2 heteroatoms. The van der Waals surface area contributed by atoms with Crippen molar-refractivity contribution in [3.05, 3.63) is 89.6 Å². The topological polar surface area (TPSA) is 17.0 Å². The number of hydrogen-bond donors (Lipinski definition) is 0. The van der Waals surface area contributed by atoms with E-state index in [-0.39, 0.29) is 5.41 Å². The summed E-state index contributed by atoms with van der Waals surface area (Å²) in [6.07, 6.45) is 4.38. The Labute approximate surface area is 214 Å². The monoisotopic (exact) mass is 474 g/mol. The lowest BCUT2D eigenvalue weighted by Crippen LogP contribution is -2.30. The zero-order chi connectivity index (χ0) is 25.2. The van der Waals surface area contributed by atoms with Crippen LogP contribution in [0, 0.1) is 18.8 Å². The van der Waals surface area contributed by atoms with E-state index in [4.69, 9.17) is 4.42 Å². The van der Waals surface area contributed by atoms with Crippen LogP contribution in [0.15, 0.2) is 77.3 Å². The normalized spacial score (nSPS) is 14.2. The van der Waals surface area contributed by atoms with Gasteiger partial charge >= 0.3 is 0 Å². The van der Waals surface area contributed by atoms with Gasteiger partial charge in [0.2, 0.25) is 5.69 Å². The van der Waals surface area contributed by atoms with Crippen LogP contribution in [0.3, 0.4) is 0 Å². The number of aromatic nitrogens is 1. The molecule has 3 aromatic carbocycles. The lowest BCUT2D eigenvalue weighted by atomic mass is 9.67. The van der Waals surface area contributed by atoms with Crippen molar-refractivity contribution in [1.82, 2.24) is 0 Å². The van der Waals surface area contributed by atoms with Gasteiger partial charge in [-0.3, -0.25) is 0 Å². The van der Waals surface area contributed by atoms with E-state index in [1.807, 2.05) is 0 Å². The van der Waals surface area contributed by atoms with Crippen LogP contribution >= 0.6 is 0 Å². The number of pyridine rings is 1. The highest BCUT2D eigenvalue weighted by Gasteiger charge is 2.45. The van der Waals surface area contributed by atoms with Gasteiger partial charge in [0, 0.05) is 28.3 Å². The van der Waals surface area contributed by atoms with Crippen LogP contribution in [0.5, 0.6) is 0 Å². The first-order valence-corrected chi connectivity index (χ1v) is 13.4. The van der Waals surface area contributed by atoms with Crippen molar-refractivity contribution < 1.29 is 8.98 Å². The molecule has 182 valence electrons. The largest absolute Gasteiger partial charge is 0.455 e. The molecule has 6 rings (SSSR count). The number of nitrogens with zero attached hydrogens (tertiary/aromatic N) is 1. The van der Waals surface area contributed by atoms with Crippen LogP contribution < -0.4 is 4.57 Å². The standard InChI is InChI=1S/C34H36NO/c1-21(2)19-34(20-22(3)4)27-12-8-7-11-24(27)25-16-17-29-31(32(25)34)26-15-14-23(5)30(33(26)36-29)28-13-9-10-18-35(28)6/h7-18,21-22H,19-20H2,1-6H3/q+1. The summed E-state index contributed by atoms with van der Waals surface area (Å²) in [5.41, 5.74) is 11.3. The maximum absolute atomic E-state index is 6.79. The van der Waals surface area contributed by atoms with Crippen molar-refractivity contribution in [3.63, 3.8) is 0 Å². The molecule has 0 N–H and O–H groups in total. The van der Waals surface area contributed by atoms with Crippen molar-refractivity contribution in [3.8, 4) is 22.4 Å². The van der Waals surface area contributed by atoms with Crippen LogP contribution in [0.25, 0.3) is 44.3 Å². The van der Waals surface area contributed by atoms with Gasteiger partial charge in [0.1, 0.15) is 18.2 Å². The fourth-order valence-electron chi connectivity index (χ4n) is 7.02. The van der Waals surface area contributed by atoms with Gasteiger partial charge < -0.3 is 4.42 Å². The number of aryl methyl sites for hydroxylation is 2. The third-order valence-corrected chi connectivity index (χ3v) is 8.05. The number of hydrogen-bond acceptors (Lipinski definition) is 1. The van der Waals surface area contributed by atoms with Gasteiger partial charge in [-0.05, 0) is 71.6 Å². The summed E-state index contributed by atoms with van der Waals surface area (Å²) in [5, 5.41) is 2.54. The third kappa shape index (κ3) is 3.27. The molecule has 0 saturated heterocycles. The molecular formula is C34H36NO+. The van der Waals surface area contributed by atoms with Crippen molar-refractivity contribution >= 4 is 21.9 Å². The van der Waals surface area contributed by atoms with E-state index in [0.717, 1.165) is 24.0 Å². The van der Waals surface area contributed by atoms with Gasteiger partial charge in [-0.2, -0.15) is 0 Å². The van der Waals surface area contributed by atoms with Crippen LogP contribution in [0.4, 0.5) is 0 Å². The second kappa shape index (κ2) is 8.34. The first kappa shape index (κ1) is 23.0. The Morgan fingerprint density at radius 1 is 0.806 bits per heavy atom. The van der Waals surface area contributed by atoms with E-state index in [1.54, 1.807) is 0 Å². The average molecular weight is 475 g/mol. The summed E-state index contributed by atoms with van der Waals surface area (Å²) in [6.45, 7) is 11.7. The number of furan rings is 1. The Bertz CT molecular complexity index is 1610. The second-order valence-electron chi connectivity index (χ2n) is 11.6. The minimum absolute atomic E-state index is 0.0208. The maximum Gasteiger partial charge on any atom is 0.216 e. The third-order valence-electron chi connectivity index (χ3n) is 8.05. The number of rotatable bonds is 5. The molecule has 0 atom stereocenters. The zero-order valence-electron chi connectivity index (χ0n) is 22.4. The van der Waals surface area contributed by atoms with Crippen molar-refractivity contribution in [2.24, 2.45) is 18.9 Å². The number of benzene rings is 3. The Balaban J connectivity index is 1.76. The van der Waals surface area contributed by atoms with Gasteiger partial charge in [0.15, 0.2) is 6.20 Å². The molecule has 1 aliphatic carbocycles. The molecule has 0 fully saturated rings. The maximum atomic E-state index is 6.79. The Hall–Kier alpha value is -3.39. The molecule has 36 heavy (non-hydrogen) atoms. The zero-order valence-corrected chi connectivity index (χ0v) is 22.4. The highest BCUT2D eigenvalue weighted by molar-refractivity contribution is 6.14. The van der Waals surface area contributed by atoms with E-state index in [0.29, 0.717) is 11.8 Å². The van der Waals surface area contributed by atoms with E-state index >= 15 is 0 Å². The number of fused-ring (bicyclic) bond motifs is 7. The predicted molar refractivity (Wildman–Crippen MR) is 150 cm³/mol. The SMILES string of the molecule is Cc1ccc2c(oc3ccc4c(c32)C(CC(C)C)(CC(C)C)c2ccccc2-4)c1-c1cccc[n+]1C. The molecule has 0 unspecified atom stereocenters. The van der Waals surface area contributed by atoms with Crippen molar-refractivity contribution in [1.29, 1.82) is 0 Å². The molecule has 0 saturated carbocycles. The van der Waals surface area contributed by atoms with Crippen LogP contribution in [0.2, 0.25) is 0 Å². The van der Waals surface area contributed by atoms with E-state index in [2.05, 4.69) is 119 Å². The summed E-state index contributed by atoms with van der Waals surface area (Å²) < 4.78 is 8.98. The summed E-state index contributed by atoms with van der Waals surface area (Å²) in [5.74, 6) is 1.16. The molecular weight excluding hydrogens is 438 g/mol. The van der Waals surface area contributed by atoms with E-state index in [1.165, 1.54) is 49.8 Å². The molecule has 0 amide bonds. The first-order chi connectivity index (χ1) is 17.3. The summed E-state index contributed by atoms with van der Waals surface area (Å²) in [4.78, 5) is 0. The molecule has 1 aliphatic rings. The van der Waals surface area contributed by atoms with Gasteiger partial charge in [-0.1, -0.05) is 70.2 Å². The summed E-state index contributed by atoms with van der Waals surface area (Å²) in [6, 6.07) is 24.6. The Morgan fingerprint density at radius 3 is 2.25 bits per heavy atom. The molecule has 2 heterocycles. The summed E-state index contributed by atoms with van der Waals surface area (Å²) >= 11 is 0. The quantitative estimate of drug-likeness (QED) is 0.233. The lowest BCUT2D eigenvalue weighted by molar-refractivity contribution is -0.660. The Morgan fingerprint density at radius 2 is 1.53 bits per heavy atom. The highest BCUT2D eigenvalue weighted by Crippen LogP contribution is 2.58. The highest BCUT2D eigenvalue weighted by atomic mass is 16.3. The van der Waals surface area contributed by atoms with E-state index in [9.17, 15) is 0 Å². The molecule has 0 bridgehead atoms. The predicted octanol–water partition coefficient (Wildman–Crippen LogP) is 8.74. The smallest absolute Gasteiger partial charge is 0.216 e. The minimum atomic E-state index is -0.0208. The average Bonchev–Trinajstić information content (AvgIpc) is 3.33. The molecule has 0 spiro atoms. The van der Waals surface area contributed by atoms with Crippen LogP contribution in [-0.2, 0) is 12.5 Å². The van der Waals surface area contributed by atoms with Gasteiger partial charge in [-0.25, -0.2) is 4.57 Å². The van der Waals surface area contributed by atoms with Gasteiger partial charge in [-0.15, -0.1) is 0 Å². The molecule has 5 aromatic rings. The van der Waals surface area contributed by atoms with Crippen LogP contribution in [0.1, 0.15) is 57.2 Å². The van der Waals surface area contributed by atoms with Crippen molar-refractivity contribution in [2.45, 2.75) is 52.9 Å². The van der Waals surface area contributed by atoms with Crippen molar-refractivity contribution in [2.75, 3.05) is 0 Å². The second-order valence-corrected chi connectivity index (χ2v) is 11.6. The Kier molecular flexibility index (Phi) is 5.33. The minimum Gasteiger partial charge on any atom is -0.455 e. The summed E-state index contributed by atoms with van der Waals surface area (Å²) in [7, 11) is 2.11. The van der Waals surface area contributed by atoms with E-state index < -0.39 is 0 Å². The fourth-order valence-corrected chi connectivity index (χ4v) is 7.02. The first-order valence-electron chi connectivity index (χ1n) is 13.4. The lowest BCUT2D eigenvalue weighted by Gasteiger charge is -2.36.